The Hall–Kier alpha value is -1.33. The van der Waals surface area contributed by atoms with Crippen molar-refractivity contribution in [2.45, 2.75) is 51.2 Å². The number of nitrogens with one attached hydrogen (secondary N) is 1. The summed E-state index contributed by atoms with van der Waals surface area (Å²) in [5.41, 5.74) is 0.707. The molecule has 0 radical (unpaired) electrons. The van der Waals surface area contributed by atoms with Gasteiger partial charge in [0.05, 0.1) is 12.6 Å². The van der Waals surface area contributed by atoms with Crippen LogP contribution in [-0.4, -0.2) is 39.4 Å². The number of hydrogen-bond acceptors (Lipinski definition) is 3. The van der Waals surface area contributed by atoms with Crippen molar-refractivity contribution in [2.75, 3.05) is 13.1 Å². The van der Waals surface area contributed by atoms with Gasteiger partial charge in [-0.15, -0.1) is 0 Å². The molecule has 0 amide bonds. The zero-order valence-electron chi connectivity index (χ0n) is 13.2. The normalized spacial score (nSPS) is 17.0. The van der Waals surface area contributed by atoms with Gasteiger partial charge >= 0.3 is 0 Å². The van der Waals surface area contributed by atoms with Gasteiger partial charge in [0.1, 0.15) is 5.75 Å². The van der Waals surface area contributed by atoms with Crippen LogP contribution >= 0.6 is 12.2 Å². The third-order valence-electron chi connectivity index (χ3n) is 4.25. The molecule has 122 valence electrons. The van der Waals surface area contributed by atoms with Crippen molar-refractivity contribution in [3.8, 4) is 5.75 Å². The topological polar surface area (TPSA) is 55.7 Å². The third kappa shape index (κ3) is 4.85. The molecule has 0 spiro atoms. The van der Waals surface area contributed by atoms with E-state index < -0.39 is 6.10 Å². The number of aliphatic hydroxyl groups is 1. The van der Waals surface area contributed by atoms with Crippen molar-refractivity contribution in [1.29, 1.82) is 0 Å². The summed E-state index contributed by atoms with van der Waals surface area (Å²) in [4.78, 5) is 1.98. The molecule has 0 bridgehead atoms. The van der Waals surface area contributed by atoms with Crippen LogP contribution in [0.2, 0.25) is 0 Å². The number of aliphatic hydroxyl groups excluding tert-OH is 1. The molecule has 1 atom stereocenters. The van der Waals surface area contributed by atoms with Gasteiger partial charge < -0.3 is 20.4 Å². The Bertz CT molecular complexity index is 489. The van der Waals surface area contributed by atoms with Crippen LogP contribution in [0.5, 0.6) is 5.75 Å². The lowest BCUT2D eigenvalue weighted by Gasteiger charge is -2.31. The van der Waals surface area contributed by atoms with Crippen LogP contribution in [0.15, 0.2) is 24.3 Å². The fourth-order valence-corrected chi connectivity index (χ4v) is 3.28. The number of phenolic OH excluding ortho intramolecular Hbond substituents is 1. The minimum absolute atomic E-state index is 0.169. The number of likely N-dealkylation sites (N-methyl/N-ethyl adjacent to an activating group) is 1. The molecule has 0 saturated heterocycles. The molecular formula is C17H26N2O2S. The monoisotopic (exact) mass is 322 g/mol. The molecule has 1 aromatic carbocycles. The molecule has 0 heterocycles. The number of hydrogen-bond donors (Lipinski definition) is 3. The number of rotatable bonds is 5. The van der Waals surface area contributed by atoms with E-state index in [2.05, 4.69) is 5.32 Å². The Labute approximate surface area is 138 Å². The summed E-state index contributed by atoms with van der Waals surface area (Å²) in [7, 11) is 0. The zero-order valence-corrected chi connectivity index (χ0v) is 14.0. The number of benzene rings is 1. The largest absolute Gasteiger partial charge is 0.508 e. The molecule has 1 fully saturated rings. The predicted octanol–water partition coefficient (Wildman–Crippen LogP) is 2.95. The van der Waals surface area contributed by atoms with E-state index in [1.165, 1.54) is 32.1 Å². The third-order valence-corrected chi connectivity index (χ3v) is 4.63. The highest BCUT2D eigenvalue weighted by Crippen LogP contribution is 2.20. The van der Waals surface area contributed by atoms with Gasteiger partial charge in [-0.3, -0.25) is 0 Å². The highest BCUT2D eigenvalue weighted by molar-refractivity contribution is 7.80. The summed E-state index contributed by atoms with van der Waals surface area (Å²) < 4.78 is 0. The van der Waals surface area contributed by atoms with E-state index in [-0.39, 0.29) is 5.75 Å². The quantitative estimate of drug-likeness (QED) is 0.728. The molecule has 1 saturated carbocycles. The standard InChI is InChI=1S/C17H26N2O2S/c1-2-19(17(22)18-14-8-4-3-5-9-14)12-16(21)13-7-6-10-15(20)11-13/h6-7,10-11,14,16,20-21H,2-5,8-9,12H2,1H3,(H,18,22). The van der Waals surface area contributed by atoms with Gasteiger partial charge in [-0.1, -0.05) is 31.4 Å². The van der Waals surface area contributed by atoms with Gasteiger partial charge in [0, 0.05) is 12.6 Å². The molecule has 0 aliphatic heterocycles. The lowest BCUT2D eigenvalue weighted by atomic mass is 9.96. The Balaban J connectivity index is 1.91. The molecule has 3 N–H and O–H groups in total. The summed E-state index contributed by atoms with van der Waals surface area (Å²) in [5.74, 6) is 0.169. The smallest absolute Gasteiger partial charge is 0.169 e. The maximum atomic E-state index is 10.4. The Morgan fingerprint density at radius 3 is 2.73 bits per heavy atom. The summed E-state index contributed by atoms with van der Waals surface area (Å²) in [6.45, 7) is 3.21. The second-order valence-corrected chi connectivity index (χ2v) is 6.32. The average Bonchev–Trinajstić information content (AvgIpc) is 2.53. The van der Waals surface area contributed by atoms with Crippen LogP contribution in [0.1, 0.15) is 50.7 Å². The first-order chi connectivity index (χ1) is 10.6. The molecule has 5 heteroatoms. The second kappa shape index (κ2) is 8.34. The van der Waals surface area contributed by atoms with E-state index in [9.17, 15) is 10.2 Å². The van der Waals surface area contributed by atoms with E-state index in [1.807, 2.05) is 17.9 Å². The fraction of sp³-hybridized carbons (Fsp3) is 0.588. The molecule has 4 nitrogen and oxygen atoms in total. The maximum Gasteiger partial charge on any atom is 0.169 e. The van der Waals surface area contributed by atoms with Crippen molar-refractivity contribution in [2.24, 2.45) is 0 Å². The predicted molar refractivity (Wildman–Crippen MR) is 92.9 cm³/mol. The maximum absolute atomic E-state index is 10.4. The van der Waals surface area contributed by atoms with E-state index in [1.54, 1.807) is 18.2 Å². The van der Waals surface area contributed by atoms with Gasteiger partial charge in [0.15, 0.2) is 5.11 Å². The summed E-state index contributed by atoms with van der Waals surface area (Å²) in [5, 5.41) is 24.0. The molecule has 2 rings (SSSR count). The molecular weight excluding hydrogens is 296 g/mol. The van der Waals surface area contributed by atoms with Crippen LogP contribution in [0.3, 0.4) is 0 Å². The van der Waals surface area contributed by atoms with Gasteiger partial charge in [-0.25, -0.2) is 0 Å². The van der Waals surface area contributed by atoms with Crippen LogP contribution in [0, 0.1) is 0 Å². The van der Waals surface area contributed by atoms with Gasteiger partial charge in [0.2, 0.25) is 0 Å². The van der Waals surface area contributed by atoms with E-state index in [0.717, 1.165) is 6.54 Å². The number of phenols is 1. The summed E-state index contributed by atoms with van der Waals surface area (Å²) >= 11 is 5.50. The lowest BCUT2D eigenvalue weighted by Crippen LogP contribution is -2.46. The average molecular weight is 322 g/mol. The highest BCUT2D eigenvalue weighted by atomic mass is 32.1. The minimum Gasteiger partial charge on any atom is -0.508 e. The Morgan fingerprint density at radius 2 is 2.09 bits per heavy atom. The fourth-order valence-electron chi connectivity index (χ4n) is 2.91. The van der Waals surface area contributed by atoms with Crippen LogP contribution in [0.25, 0.3) is 0 Å². The van der Waals surface area contributed by atoms with E-state index in [4.69, 9.17) is 12.2 Å². The Morgan fingerprint density at radius 1 is 1.36 bits per heavy atom. The number of thiocarbonyl (C=S) groups is 1. The van der Waals surface area contributed by atoms with Gasteiger partial charge in [-0.05, 0) is 49.7 Å². The van der Waals surface area contributed by atoms with Crippen LogP contribution < -0.4 is 5.32 Å². The molecule has 1 unspecified atom stereocenters. The molecule has 0 aromatic heterocycles. The van der Waals surface area contributed by atoms with Crippen molar-refractivity contribution in [3.63, 3.8) is 0 Å². The first-order valence-corrected chi connectivity index (χ1v) is 8.53. The summed E-state index contributed by atoms with van der Waals surface area (Å²) in [6, 6.07) is 7.21. The second-order valence-electron chi connectivity index (χ2n) is 5.93. The van der Waals surface area contributed by atoms with Crippen molar-refractivity contribution in [1.82, 2.24) is 10.2 Å². The zero-order chi connectivity index (χ0) is 15.9. The lowest BCUT2D eigenvalue weighted by molar-refractivity contribution is 0.144. The van der Waals surface area contributed by atoms with Gasteiger partial charge in [-0.2, -0.15) is 0 Å². The van der Waals surface area contributed by atoms with Crippen LogP contribution in [-0.2, 0) is 0 Å². The van der Waals surface area contributed by atoms with Gasteiger partial charge in [0.25, 0.3) is 0 Å². The number of aromatic hydroxyl groups is 1. The molecule has 1 aliphatic rings. The highest BCUT2D eigenvalue weighted by Gasteiger charge is 2.19. The number of nitrogens with zero attached hydrogens (tertiary/aromatic N) is 1. The molecule has 1 aromatic rings. The van der Waals surface area contributed by atoms with E-state index >= 15 is 0 Å². The van der Waals surface area contributed by atoms with E-state index in [0.29, 0.717) is 23.3 Å². The minimum atomic E-state index is -0.668. The van der Waals surface area contributed by atoms with Crippen molar-refractivity contribution >= 4 is 17.3 Å². The van der Waals surface area contributed by atoms with Crippen molar-refractivity contribution in [3.05, 3.63) is 29.8 Å². The Kier molecular flexibility index (Phi) is 6.46. The SMILES string of the molecule is CCN(CC(O)c1cccc(O)c1)C(=S)NC1CCCCC1. The summed E-state index contributed by atoms with van der Waals surface area (Å²) in [6.07, 6.45) is 5.52. The van der Waals surface area contributed by atoms with Crippen molar-refractivity contribution < 1.29 is 10.2 Å². The molecule has 1 aliphatic carbocycles. The first kappa shape index (κ1) is 17.0. The van der Waals surface area contributed by atoms with Crippen LogP contribution in [0.4, 0.5) is 0 Å². The first-order valence-electron chi connectivity index (χ1n) is 8.12. The molecule has 22 heavy (non-hydrogen) atoms.